The number of nitrogens with zero attached hydrogens (tertiary/aromatic N) is 1. The fourth-order valence-corrected chi connectivity index (χ4v) is 2.77. The second-order valence-corrected chi connectivity index (χ2v) is 5.32. The smallest absolute Gasteiger partial charge is 0.320 e. The summed E-state index contributed by atoms with van der Waals surface area (Å²) in [7, 11) is 0. The summed E-state index contributed by atoms with van der Waals surface area (Å²) >= 11 is 6.08. The fraction of sp³-hybridized carbons (Fsp3) is 0.500. The van der Waals surface area contributed by atoms with Crippen LogP contribution in [0.3, 0.4) is 0 Å². The van der Waals surface area contributed by atoms with Crippen LogP contribution in [-0.4, -0.2) is 33.7 Å². The molecule has 5 heteroatoms. The maximum Gasteiger partial charge on any atom is 0.320 e. The van der Waals surface area contributed by atoms with Crippen molar-refractivity contribution in [1.29, 1.82) is 0 Å². The average Bonchev–Trinajstić information content (AvgIpc) is 2.59. The molecule has 1 aromatic rings. The number of aromatic hydroxyl groups is 1. The SMILES string of the molecule is O=C(O)C1CCCCCN1Cc1c(O)cccc1Cl. The third kappa shape index (κ3) is 3.39. The van der Waals surface area contributed by atoms with E-state index in [0.29, 0.717) is 23.6 Å². The molecule has 1 aliphatic rings. The van der Waals surface area contributed by atoms with Crippen molar-refractivity contribution in [2.45, 2.75) is 38.3 Å². The standard InChI is InChI=1S/C14H18ClNO3/c15-11-5-4-7-13(17)10(11)9-16-8-3-1-2-6-12(16)14(18)19/h4-5,7,12,17H,1-3,6,8-9H2,(H,18,19). The number of carbonyl (C=O) groups is 1. The van der Waals surface area contributed by atoms with E-state index >= 15 is 0 Å². The van der Waals surface area contributed by atoms with Gasteiger partial charge in [0, 0.05) is 17.1 Å². The molecule has 104 valence electrons. The van der Waals surface area contributed by atoms with Gasteiger partial charge in [-0.25, -0.2) is 0 Å². The van der Waals surface area contributed by atoms with Gasteiger partial charge in [0.2, 0.25) is 0 Å². The Bertz CT molecular complexity index is 444. The van der Waals surface area contributed by atoms with Gasteiger partial charge < -0.3 is 10.2 Å². The van der Waals surface area contributed by atoms with Crippen molar-refractivity contribution >= 4 is 17.6 Å². The first-order chi connectivity index (χ1) is 9.09. The Labute approximate surface area is 117 Å². The zero-order chi connectivity index (χ0) is 13.8. The molecule has 1 aliphatic heterocycles. The largest absolute Gasteiger partial charge is 0.508 e. The maximum atomic E-state index is 11.3. The number of hydrogen-bond acceptors (Lipinski definition) is 3. The molecule has 1 aromatic carbocycles. The molecular weight excluding hydrogens is 266 g/mol. The molecular formula is C14H18ClNO3. The Hall–Kier alpha value is -1.26. The van der Waals surface area contributed by atoms with E-state index in [2.05, 4.69) is 0 Å². The first-order valence-corrected chi connectivity index (χ1v) is 6.90. The van der Waals surface area contributed by atoms with Crippen molar-refractivity contribution in [3.63, 3.8) is 0 Å². The van der Waals surface area contributed by atoms with Crippen LogP contribution in [0.15, 0.2) is 18.2 Å². The predicted molar refractivity (Wildman–Crippen MR) is 73.4 cm³/mol. The molecule has 0 amide bonds. The Kier molecular flexibility index (Phi) is 4.66. The van der Waals surface area contributed by atoms with Crippen LogP contribution in [0.1, 0.15) is 31.2 Å². The molecule has 19 heavy (non-hydrogen) atoms. The highest BCUT2D eigenvalue weighted by molar-refractivity contribution is 6.31. The van der Waals surface area contributed by atoms with Gasteiger partial charge in [-0.05, 0) is 31.5 Å². The highest BCUT2D eigenvalue weighted by atomic mass is 35.5. The molecule has 2 rings (SSSR count). The van der Waals surface area contributed by atoms with Gasteiger partial charge in [0.15, 0.2) is 0 Å². The van der Waals surface area contributed by atoms with Gasteiger partial charge in [0.25, 0.3) is 0 Å². The van der Waals surface area contributed by atoms with Crippen LogP contribution in [0.4, 0.5) is 0 Å². The summed E-state index contributed by atoms with van der Waals surface area (Å²) in [4.78, 5) is 13.2. The van der Waals surface area contributed by atoms with E-state index in [1.807, 2.05) is 4.90 Å². The van der Waals surface area contributed by atoms with Crippen LogP contribution in [0.2, 0.25) is 5.02 Å². The van der Waals surface area contributed by atoms with Gasteiger partial charge in [0.1, 0.15) is 11.8 Å². The average molecular weight is 284 g/mol. The quantitative estimate of drug-likeness (QED) is 0.895. The van der Waals surface area contributed by atoms with Gasteiger partial charge in [-0.2, -0.15) is 0 Å². The lowest BCUT2D eigenvalue weighted by atomic mass is 10.1. The van der Waals surface area contributed by atoms with Crippen LogP contribution in [-0.2, 0) is 11.3 Å². The minimum Gasteiger partial charge on any atom is -0.508 e. The lowest BCUT2D eigenvalue weighted by molar-refractivity contribution is -0.143. The first-order valence-electron chi connectivity index (χ1n) is 6.53. The number of benzene rings is 1. The molecule has 4 nitrogen and oxygen atoms in total. The third-order valence-corrected chi connectivity index (χ3v) is 3.96. The zero-order valence-corrected chi connectivity index (χ0v) is 11.4. The van der Waals surface area contributed by atoms with E-state index in [1.165, 1.54) is 0 Å². The van der Waals surface area contributed by atoms with Crippen molar-refractivity contribution in [3.05, 3.63) is 28.8 Å². The number of aliphatic carboxylic acids is 1. The normalized spacial score (nSPS) is 21.0. The first kappa shape index (κ1) is 14.2. The molecule has 1 heterocycles. The molecule has 0 bridgehead atoms. The molecule has 0 aromatic heterocycles. The number of hydrogen-bond donors (Lipinski definition) is 2. The van der Waals surface area contributed by atoms with Crippen molar-refractivity contribution in [2.24, 2.45) is 0 Å². The molecule has 1 fully saturated rings. The topological polar surface area (TPSA) is 60.8 Å². The Morgan fingerprint density at radius 3 is 2.84 bits per heavy atom. The summed E-state index contributed by atoms with van der Waals surface area (Å²) in [6.07, 6.45) is 3.62. The maximum absolute atomic E-state index is 11.3. The summed E-state index contributed by atoms with van der Waals surface area (Å²) < 4.78 is 0. The Balaban J connectivity index is 2.21. The number of phenolic OH excluding ortho intramolecular Hbond substituents is 1. The van der Waals surface area contributed by atoms with Crippen molar-refractivity contribution in [1.82, 2.24) is 4.90 Å². The van der Waals surface area contributed by atoms with E-state index in [-0.39, 0.29) is 5.75 Å². The molecule has 0 saturated carbocycles. The van der Waals surface area contributed by atoms with Gasteiger partial charge in [0.05, 0.1) is 0 Å². The second kappa shape index (κ2) is 6.26. The molecule has 0 aliphatic carbocycles. The molecule has 2 N–H and O–H groups in total. The Morgan fingerprint density at radius 1 is 1.37 bits per heavy atom. The van der Waals surface area contributed by atoms with Gasteiger partial charge in [-0.15, -0.1) is 0 Å². The lowest BCUT2D eigenvalue weighted by Crippen LogP contribution is -2.40. The van der Waals surface area contributed by atoms with Crippen LogP contribution < -0.4 is 0 Å². The minimum atomic E-state index is -0.798. The fourth-order valence-electron chi connectivity index (χ4n) is 2.54. The number of carboxylic acids is 1. The van der Waals surface area contributed by atoms with Crippen LogP contribution >= 0.6 is 11.6 Å². The third-order valence-electron chi connectivity index (χ3n) is 3.60. The summed E-state index contributed by atoms with van der Waals surface area (Å²) in [5.74, 6) is -0.672. The predicted octanol–water partition coefficient (Wildman–Crippen LogP) is 2.87. The van der Waals surface area contributed by atoms with E-state index < -0.39 is 12.0 Å². The van der Waals surface area contributed by atoms with Crippen LogP contribution in [0.25, 0.3) is 0 Å². The van der Waals surface area contributed by atoms with E-state index in [0.717, 1.165) is 25.8 Å². The molecule has 1 atom stereocenters. The number of likely N-dealkylation sites (tertiary alicyclic amines) is 1. The number of carboxylic acid groups (broad SMARTS) is 1. The highest BCUT2D eigenvalue weighted by Gasteiger charge is 2.28. The van der Waals surface area contributed by atoms with Gasteiger partial charge in [-0.1, -0.05) is 30.5 Å². The van der Waals surface area contributed by atoms with Gasteiger partial charge in [-0.3, -0.25) is 9.69 Å². The summed E-state index contributed by atoms with van der Waals surface area (Å²) in [6, 6.07) is 4.48. The number of phenols is 1. The molecule has 0 radical (unpaired) electrons. The van der Waals surface area contributed by atoms with Crippen LogP contribution in [0.5, 0.6) is 5.75 Å². The molecule has 0 spiro atoms. The summed E-state index contributed by atoms with van der Waals surface area (Å²) in [5.41, 5.74) is 0.609. The molecule has 1 saturated heterocycles. The van der Waals surface area contributed by atoms with E-state index in [1.54, 1.807) is 18.2 Å². The second-order valence-electron chi connectivity index (χ2n) is 4.91. The Morgan fingerprint density at radius 2 is 2.16 bits per heavy atom. The number of halogens is 1. The number of rotatable bonds is 3. The van der Waals surface area contributed by atoms with Crippen molar-refractivity contribution in [3.8, 4) is 5.75 Å². The summed E-state index contributed by atoms with van der Waals surface area (Å²) in [6.45, 7) is 1.10. The van der Waals surface area contributed by atoms with E-state index in [4.69, 9.17) is 11.6 Å². The van der Waals surface area contributed by atoms with E-state index in [9.17, 15) is 15.0 Å². The minimum absolute atomic E-state index is 0.126. The van der Waals surface area contributed by atoms with Crippen molar-refractivity contribution < 1.29 is 15.0 Å². The zero-order valence-electron chi connectivity index (χ0n) is 10.7. The van der Waals surface area contributed by atoms with Crippen LogP contribution in [0, 0.1) is 0 Å². The van der Waals surface area contributed by atoms with Crippen molar-refractivity contribution in [2.75, 3.05) is 6.54 Å². The van der Waals surface area contributed by atoms with Gasteiger partial charge >= 0.3 is 5.97 Å². The molecule has 1 unspecified atom stereocenters. The lowest BCUT2D eigenvalue weighted by Gasteiger charge is -2.27. The monoisotopic (exact) mass is 283 g/mol. The highest BCUT2D eigenvalue weighted by Crippen LogP contribution is 2.29. The summed E-state index contributed by atoms with van der Waals surface area (Å²) in [5, 5.41) is 19.7.